The van der Waals surface area contributed by atoms with Crippen LogP contribution in [0.5, 0.6) is 0 Å². The molecule has 0 rings (SSSR count). The average Bonchev–Trinajstić information content (AvgIpc) is 1.85. The lowest BCUT2D eigenvalue weighted by Crippen LogP contribution is -2.40. The molecule has 0 amide bonds. The number of carboxylic acids is 1. The zero-order valence-corrected chi connectivity index (χ0v) is 8.75. The highest BCUT2D eigenvalue weighted by Crippen LogP contribution is 2.10. The Kier molecular flexibility index (Phi) is 3.45. The Morgan fingerprint density at radius 3 is 2.00 bits per heavy atom. The summed E-state index contributed by atoms with van der Waals surface area (Å²) in [6, 6.07) is 0. The first kappa shape index (κ1) is 11.2. The van der Waals surface area contributed by atoms with Crippen LogP contribution in [0.2, 0.25) is 19.6 Å². The zero-order chi connectivity index (χ0) is 9.94. The van der Waals surface area contributed by atoms with Gasteiger partial charge in [0.15, 0.2) is 0 Å². The molecule has 0 heterocycles. The maximum Gasteiger partial charge on any atom is 0.417 e. The summed E-state index contributed by atoms with van der Waals surface area (Å²) in [7, 11) is -1.58. The Balaban J connectivity index is 4.11. The van der Waals surface area contributed by atoms with Gasteiger partial charge in [-0.05, 0) is 6.92 Å². The van der Waals surface area contributed by atoms with Crippen LogP contribution in [0.25, 0.3) is 0 Å². The van der Waals surface area contributed by atoms with Gasteiger partial charge in [-0.1, -0.05) is 19.6 Å². The molecule has 0 aromatic carbocycles. The zero-order valence-electron chi connectivity index (χ0n) is 7.75. The molecule has 4 nitrogen and oxygen atoms in total. The number of ether oxygens (including phenoxy) is 1. The van der Waals surface area contributed by atoms with Crippen LogP contribution in [-0.2, 0) is 14.3 Å². The van der Waals surface area contributed by atoms with E-state index in [4.69, 9.17) is 9.84 Å². The van der Waals surface area contributed by atoms with E-state index in [2.05, 4.69) is 0 Å². The molecule has 5 heteroatoms. The maximum atomic E-state index is 10.6. The lowest BCUT2D eigenvalue weighted by atomic mass is 10.7. The van der Waals surface area contributed by atoms with Crippen molar-refractivity contribution in [1.82, 2.24) is 0 Å². The first-order valence-corrected chi connectivity index (χ1v) is 7.27. The minimum atomic E-state index is -1.58. The summed E-state index contributed by atoms with van der Waals surface area (Å²) in [6.07, 6.45) is 0. The third-order valence-electron chi connectivity index (χ3n) is 1.68. The summed E-state index contributed by atoms with van der Waals surface area (Å²) in [5.41, 5.74) is -0.263. The predicted molar refractivity (Wildman–Crippen MR) is 46.5 cm³/mol. The molecule has 0 aromatic rings. The predicted octanol–water partition coefficient (Wildman–Crippen LogP) is 0.880. The van der Waals surface area contributed by atoms with Crippen molar-refractivity contribution in [1.29, 1.82) is 0 Å². The van der Waals surface area contributed by atoms with Crippen molar-refractivity contribution in [3.05, 3.63) is 0 Å². The lowest BCUT2D eigenvalue weighted by Gasteiger charge is -2.23. The topological polar surface area (TPSA) is 63.6 Å². The van der Waals surface area contributed by atoms with Crippen LogP contribution in [-0.4, -0.2) is 30.8 Å². The Morgan fingerprint density at radius 1 is 1.33 bits per heavy atom. The van der Waals surface area contributed by atoms with Crippen LogP contribution in [0.1, 0.15) is 6.92 Å². The van der Waals surface area contributed by atoms with Crippen LogP contribution in [0.4, 0.5) is 0 Å². The highest BCUT2D eigenvalue weighted by molar-refractivity contribution is 6.77. The molecule has 0 spiro atoms. The molecule has 70 valence electrons. The van der Waals surface area contributed by atoms with Crippen molar-refractivity contribution in [2.75, 3.05) is 0 Å². The Bertz CT molecular complexity index is 194. The van der Waals surface area contributed by atoms with E-state index >= 15 is 0 Å². The fraction of sp³-hybridized carbons (Fsp3) is 0.714. The van der Waals surface area contributed by atoms with Crippen LogP contribution in [0, 0.1) is 0 Å². The van der Waals surface area contributed by atoms with Crippen molar-refractivity contribution in [3.63, 3.8) is 0 Å². The molecule has 1 unspecified atom stereocenters. The summed E-state index contributed by atoms with van der Waals surface area (Å²) in [5.74, 6) is -2.69. The van der Waals surface area contributed by atoms with Gasteiger partial charge in [0.25, 0.3) is 0 Å². The molecule has 0 aliphatic rings. The van der Waals surface area contributed by atoms with Crippen LogP contribution < -0.4 is 0 Å². The van der Waals surface area contributed by atoms with Gasteiger partial charge in [0, 0.05) is 0 Å². The SMILES string of the molecule is CC(OC(=O)C(=O)O)[Si](C)(C)C. The normalized spacial score (nSPS) is 13.7. The number of hydrogen-bond donors (Lipinski definition) is 1. The first-order valence-electron chi connectivity index (χ1n) is 3.69. The Hall–Kier alpha value is -0.843. The van der Waals surface area contributed by atoms with Crippen molar-refractivity contribution < 1.29 is 19.4 Å². The van der Waals surface area contributed by atoms with E-state index in [9.17, 15) is 9.59 Å². The lowest BCUT2D eigenvalue weighted by molar-refractivity contribution is -0.164. The molecule has 0 saturated heterocycles. The smallest absolute Gasteiger partial charge is 0.417 e. The molecule has 0 aromatic heterocycles. The van der Waals surface area contributed by atoms with E-state index in [0.29, 0.717) is 0 Å². The van der Waals surface area contributed by atoms with Crippen molar-refractivity contribution >= 4 is 20.0 Å². The summed E-state index contributed by atoms with van der Waals surface area (Å²) >= 11 is 0. The summed E-state index contributed by atoms with van der Waals surface area (Å²) in [6.45, 7) is 7.75. The highest BCUT2D eigenvalue weighted by Gasteiger charge is 2.28. The van der Waals surface area contributed by atoms with Gasteiger partial charge < -0.3 is 9.84 Å². The summed E-state index contributed by atoms with van der Waals surface area (Å²) < 4.78 is 4.70. The second-order valence-corrected chi connectivity index (χ2v) is 9.26. The van der Waals surface area contributed by atoms with Crippen LogP contribution in [0.15, 0.2) is 0 Å². The van der Waals surface area contributed by atoms with Gasteiger partial charge in [0.05, 0.1) is 13.8 Å². The Labute approximate surface area is 72.5 Å². The molecular formula is C7H14O4Si. The van der Waals surface area contributed by atoms with Crippen molar-refractivity contribution in [2.45, 2.75) is 32.3 Å². The van der Waals surface area contributed by atoms with Gasteiger partial charge in [0.2, 0.25) is 0 Å². The third-order valence-corrected chi connectivity index (χ3v) is 4.24. The molecule has 1 N–H and O–H groups in total. The van der Waals surface area contributed by atoms with Crippen LogP contribution in [0.3, 0.4) is 0 Å². The minimum Gasteiger partial charge on any atom is -0.473 e. The monoisotopic (exact) mass is 190 g/mol. The fourth-order valence-electron chi connectivity index (χ4n) is 0.388. The summed E-state index contributed by atoms with van der Waals surface area (Å²) in [4.78, 5) is 20.7. The van der Waals surface area contributed by atoms with Gasteiger partial charge >= 0.3 is 11.9 Å². The molecule has 12 heavy (non-hydrogen) atoms. The van der Waals surface area contributed by atoms with E-state index in [0.717, 1.165) is 0 Å². The molecule has 0 aliphatic carbocycles. The van der Waals surface area contributed by atoms with E-state index in [1.807, 2.05) is 19.6 Å². The number of carbonyl (C=O) groups is 2. The number of carboxylic acid groups (broad SMARTS) is 1. The van der Waals surface area contributed by atoms with E-state index in [1.54, 1.807) is 6.92 Å². The molecule has 0 bridgehead atoms. The fourth-order valence-corrected chi connectivity index (χ4v) is 0.848. The van der Waals surface area contributed by atoms with E-state index < -0.39 is 20.0 Å². The Morgan fingerprint density at radius 2 is 1.75 bits per heavy atom. The first-order chi connectivity index (χ1) is 5.25. The molecule has 1 atom stereocenters. The van der Waals surface area contributed by atoms with Gasteiger partial charge in [-0.2, -0.15) is 0 Å². The average molecular weight is 190 g/mol. The molecule has 0 fully saturated rings. The highest BCUT2D eigenvalue weighted by atomic mass is 28.3. The van der Waals surface area contributed by atoms with E-state index in [1.165, 1.54) is 0 Å². The number of hydrogen-bond acceptors (Lipinski definition) is 3. The second-order valence-electron chi connectivity index (χ2n) is 3.72. The second kappa shape index (κ2) is 3.71. The minimum absolute atomic E-state index is 0.263. The largest absolute Gasteiger partial charge is 0.473 e. The van der Waals surface area contributed by atoms with Gasteiger partial charge in [-0.25, -0.2) is 9.59 Å². The molecule has 0 saturated carbocycles. The van der Waals surface area contributed by atoms with Crippen molar-refractivity contribution in [2.24, 2.45) is 0 Å². The number of aliphatic carboxylic acids is 1. The third kappa shape index (κ3) is 3.52. The molecule has 0 radical (unpaired) electrons. The van der Waals surface area contributed by atoms with Crippen LogP contribution >= 0.6 is 0 Å². The van der Waals surface area contributed by atoms with Crippen molar-refractivity contribution in [3.8, 4) is 0 Å². The number of rotatable bonds is 2. The molecule has 0 aliphatic heterocycles. The van der Waals surface area contributed by atoms with E-state index in [-0.39, 0.29) is 5.73 Å². The van der Waals surface area contributed by atoms with Gasteiger partial charge in [0.1, 0.15) is 0 Å². The van der Waals surface area contributed by atoms with Gasteiger partial charge in [-0.3, -0.25) is 0 Å². The number of carbonyl (C=O) groups excluding carboxylic acids is 1. The van der Waals surface area contributed by atoms with Gasteiger partial charge in [-0.15, -0.1) is 0 Å². The molecular weight excluding hydrogens is 176 g/mol. The maximum absolute atomic E-state index is 10.6. The summed E-state index contributed by atoms with van der Waals surface area (Å²) in [5, 5.41) is 8.24. The standard InChI is InChI=1S/C7H14O4Si/c1-5(12(2,3)4)11-7(10)6(8)9/h5H,1-4H3,(H,8,9). The quantitative estimate of drug-likeness (QED) is 0.399. The number of esters is 1.